The van der Waals surface area contributed by atoms with Gasteiger partial charge in [0.2, 0.25) is 0 Å². The topological polar surface area (TPSA) is 118 Å². The van der Waals surface area contributed by atoms with Crippen LogP contribution in [-0.2, 0) is 0 Å². The van der Waals surface area contributed by atoms with Gasteiger partial charge >= 0.3 is 12.0 Å². The van der Waals surface area contributed by atoms with E-state index in [-0.39, 0.29) is 5.56 Å². The van der Waals surface area contributed by atoms with Gasteiger partial charge in [-0.3, -0.25) is 0 Å². The van der Waals surface area contributed by atoms with Crippen LogP contribution in [-0.4, -0.2) is 23.3 Å². The van der Waals surface area contributed by atoms with E-state index in [9.17, 15) is 9.59 Å². The quantitative estimate of drug-likeness (QED) is 0.588. The number of nitrogens with two attached hydrogens (primary N) is 1. The molecule has 0 aliphatic heterocycles. The monoisotopic (exact) mass is 287 g/mol. The zero-order valence-electron chi connectivity index (χ0n) is 11.2. The fourth-order valence-corrected chi connectivity index (χ4v) is 1.80. The number of benzene rings is 1. The molecule has 0 saturated heterocycles. The van der Waals surface area contributed by atoms with E-state index in [2.05, 4.69) is 10.5 Å². The zero-order valence-corrected chi connectivity index (χ0v) is 11.2. The minimum atomic E-state index is -0.977. The second kappa shape index (κ2) is 5.91. The van der Waals surface area contributed by atoms with Gasteiger partial charge in [0.25, 0.3) is 0 Å². The number of nitrogens with zero attached hydrogens (tertiary/aromatic N) is 1. The highest BCUT2D eigenvalue weighted by Crippen LogP contribution is 2.26. The van der Waals surface area contributed by atoms with Gasteiger partial charge < -0.3 is 15.3 Å². The van der Waals surface area contributed by atoms with Crippen molar-refractivity contribution in [3.8, 4) is 11.3 Å². The Kier molecular flexibility index (Phi) is 4.03. The van der Waals surface area contributed by atoms with Crippen molar-refractivity contribution in [3.05, 3.63) is 47.2 Å². The molecule has 7 heteroatoms. The minimum Gasteiger partial charge on any atom is -0.478 e. The third kappa shape index (κ3) is 3.47. The first-order valence-electron chi connectivity index (χ1n) is 6.00. The summed E-state index contributed by atoms with van der Waals surface area (Å²) in [5.41, 5.74) is 8.70. The van der Waals surface area contributed by atoms with E-state index in [1.165, 1.54) is 12.3 Å². The van der Waals surface area contributed by atoms with E-state index >= 15 is 0 Å². The van der Waals surface area contributed by atoms with Crippen molar-refractivity contribution in [1.82, 2.24) is 5.43 Å². The minimum absolute atomic E-state index is 0.218. The van der Waals surface area contributed by atoms with Crippen LogP contribution < -0.4 is 11.2 Å². The lowest BCUT2D eigenvalue weighted by molar-refractivity contribution is 0.0696. The molecular formula is C14H13N3O4. The lowest BCUT2D eigenvalue weighted by Gasteiger charge is -2.03. The molecule has 0 aliphatic rings. The summed E-state index contributed by atoms with van der Waals surface area (Å²) >= 11 is 0. The molecule has 2 amide bonds. The number of hydrazone groups is 1. The van der Waals surface area contributed by atoms with Gasteiger partial charge in [-0.2, -0.15) is 5.10 Å². The van der Waals surface area contributed by atoms with E-state index < -0.39 is 12.0 Å². The van der Waals surface area contributed by atoms with Crippen molar-refractivity contribution in [1.29, 1.82) is 0 Å². The zero-order chi connectivity index (χ0) is 15.4. The van der Waals surface area contributed by atoms with Crippen molar-refractivity contribution in [2.75, 3.05) is 0 Å². The van der Waals surface area contributed by atoms with Crippen LogP contribution in [0.4, 0.5) is 4.79 Å². The molecule has 21 heavy (non-hydrogen) atoms. The van der Waals surface area contributed by atoms with Gasteiger partial charge in [0.1, 0.15) is 11.5 Å². The molecule has 0 bridgehead atoms. The number of carboxylic acid groups (broad SMARTS) is 1. The Labute approximate surface area is 120 Å². The Morgan fingerprint density at radius 1 is 1.33 bits per heavy atom. The molecule has 0 atom stereocenters. The van der Waals surface area contributed by atoms with E-state index in [1.54, 1.807) is 31.2 Å². The molecule has 2 aromatic rings. The number of hydrogen-bond donors (Lipinski definition) is 3. The fraction of sp³-hybridized carbons (Fsp3) is 0.0714. The van der Waals surface area contributed by atoms with Crippen LogP contribution in [0.2, 0.25) is 0 Å². The largest absolute Gasteiger partial charge is 0.478 e. The van der Waals surface area contributed by atoms with Crippen LogP contribution >= 0.6 is 0 Å². The number of carboxylic acids is 1. The van der Waals surface area contributed by atoms with Crippen molar-refractivity contribution >= 4 is 18.2 Å². The number of rotatable bonds is 4. The van der Waals surface area contributed by atoms with Gasteiger partial charge in [0.15, 0.2) is 0 Å². The van der Waals surface area contributed by atoms with E-state index in [0.29, 0.717) is 11.5 Å². The number of nitrogens with one attached hydrogen (secondary N) is 1. The first-order chi connectivity index (χ1) is 9.97. The second-order valence-electron chi connectivity index (χ2n) is 4.27. The number of aryl methyl sites for hydroxylation is 1. The lowest BCUT2D eigenvalue weighted by Crippen LogP contribution is -2.24. The molecule has 0 fully saturated rings. The van der Waals surface area contributed by atoms with Gasteiger partial charge in [-0.1, -0.05) is 6.07 Å². The number of aromatic carboxylic acids is 1. The number of amides is 2. The predicted octanol–water partition coefficient (Wildman–Crippen LogP) is 1.96. The molecule has 4 N–H and O–H groups in total. The highest BCUT2D eigenvalue weighted by Gasteiger charge is 2.10. The third-order valence-electron chi connectivity index (χ3n) is 2.73. The standard InChI is InChI=1S/C14H13N3O4/c1-8-6-9(13(18)19)2-4-11(8)12-5-3-10(21-12)7-16-17-14(15)20/h2-7H,1H3,(H,18,19)(H3,15,17,20)/b16-7-. The average molecular weight is 287 g/mol. The van der Waals surface area contributed by atoms with Crippen LogP contribution in [0, 0.1) is 6.92 Å². The number of primary amides is 1. The maximum atomic E-state index is 10.9. The lowest BCUT2D eigenvalue weighted by atomic mass is 10.0. The smallest absolute Gasteiger partial charge is 0.335 e. The van der Waals surface area contributed by atoms with Crippen LogP contribution in [0.25, 0.3) is 11.3 Å². The molecule has 0 radical (unpaired) electrons. The van der Waals surface area contributed by atoms with Crippen molar-refractivity contribution in [3.63, 3.8) is 0 Å². The Balaban J connectivity index is 2.23. The Morgan fingerprint density at radius 3 is 2.71 bits per heavy atom. The molecule has 0 aliphatic carbocycles. The van der Waals surface area contributed by atoms with Crippen LogP contribution in [0.15, 0.2) is 39.9 Å². The van der Waals surface area contributed by atoms with Gasteiger partial charge in [0.05, 0.1) is 11.8 Å². The number of furan rings is 1. The second-order valence-corrected chi connectivity index (χ2v) is 4.27. The van der Waals surface area contributed by atoms with Gasteiger partial charge in [-0.25, -0.2) is 15.0 Å². The van der Waals surface area contributed by atoms with Crippen molar-refractivity contribution in [2.45, 2.75) is 6.92 Å². The molecule has 1 heterocycles. The first kappa shape index (κ1) is 14.3. The SMILES string of the molecule is Cc1cc(C(=O)O)ccc1-c1ccc(/C=N\NC(N)=O)o1. The summed E-state index contributed by atoms with van der Waals surface area (Å²) in [6, 6.07) is 7.40. The van der Waals surface area contributed by atoms with Crippen molar-refractivity contribution < 1.29 is 19.1 Å². The van der Waals surface area contributed by atoms with E-state index in [1.807, 2.05) is 0 Å². The van der Waals surface area contributed by atoms with E-state index in [4.69, 9.17) is 15.3 Å². The summed E-state index contributed by atoms with van der Waals surface area (Å²) in [5.74, 6) is 0.0277. The van der Waals surface area contributed by atoms with Gasteiger partial charge in [-0.05, 0) is 36.8 Å². The average Bonchev–Trinajstić information content (AvgIpc) is 2.86. The summed E-state index contributed by atoms with van der Waals surface area (Å²) in [6.45, 7) is 1.80. The summed E-state index contributed by atoms with van der Waals surface area (Å²) < 4.78 is 5.54. The van der Waals surface area contributed by atoms with Crippen LogP contribution in [0.5, 0.6) is 0 Å². The highest BCUT2D eigenvalue weighted by atomic mass is 16.4. The Bertz CT molecular complexity index is 719. The molecule has 0 spiro atoms. The Hall–Kier alpha value is -3.09. The number of hydrogen-bond acceptors (Lipinski definition) is 4. The van der Waals surface area contributed by atoms with Crippen LogP contribution in [0.1, 0.15) is 21.7 Å². The molecule has 108 valence electrons. The molecule has 2 rings (SSSR count). The molecule has 0 saturated carbocycles. The molecule has 1 aromatic carbocycles. The van der Waals surface area contributed by atoms with Crippen molar-refractivity contribution in [2.24, 2.45) is 10.8 Å². The maximum absolute atomic E-state index is 10.9. The Morgan fingerprint density at radius 2 is 2.10 bits per heavy atom. The summed E-state index contributed by atoms with van der Waals surface area (Å²) in [4.78, 5) is 21.4. The number of urea groups is 1. The molecule has 1 aromatic heterocycles. The van der Waals surface area contributed by atoms with Gasteiger partial charge in [0, 0.05) is 5.56 Å². The third-order valence-corrected chi connectivity index (χ3v) is 2.73. The summed E-state index contributed by atoms with van der Waals surface area (Å²) in [7, 11) is 0. The number of carbonyl (C=O) groups is 2. The van der Waals surface area contributed by atoms with Gasteiger partial charge in [-0.15, -0.1) is 0 Å². The highest BCUT2D eigenvalue weighted by molar-refractivity contribution is 5.89. The maximum Gasteiger partial charge on any atom is 0.335 e. The summed E-state index contributed by atoms with van der Waals surface area (Å²) in [6.07, 6.45) is 1.31. The molecule has 0 unspecified atom stereocenters. The van der Waals surface area contributed by atoms with E-state index in [0.717, 1.165) is 11.1 Å². The fourth-order valence-electron chi connectivity index (χ4n) is 1.80. The van der Waals surface area contributed by atoms with Crippen LogP contribution in [0.3, 0.4) is 0 Å². The summed E-state index contributed by atoms with van der Waals surface area (Å²) in [5, 5.41) is 12.5. The number of carbonyl (C=O) groups excluding carboxylic acids is 1. The molecule has 7 nitrogen and oxygen atoms in total. The molecular weight excluding hydrogens is 274 g/mol. The first-order valence-corrected chi connectivity index (χ1v) is 6.00. The predicted molar refractivity (Wildman–Crippen MR) is 76.2 cm³/mol. The normalized spacial score (nSPS) is 10.7.